The van der Waals surface area contributed by atoms with Gasteiger partial charge < -0.3 is 19.9 Å². The summed E-state index contributed by atoms with van der Waals surface area (Å²) in [5.41, 5.74) is 3.41. The number of aryl methyl sites for hydroxylation is 1. The molecular weight excluding hydrogens is 522 g/mol. The van der Waals surface area contributed by atoms with Crippen LogP contribution in [-0.2, 0) is 21.4 Å². The number of hydrogen-bond acceptors (Lipinski definition) is 4. The number of nitrogens with zero attached hydrogens (tertiary/aromatic N) is 2. The van der Waals surface area contributed by atoms with Crippen LogP contribution in [0, 0.1) is 0 Å². The van der Waals surface area contributed by atoms with Crippen molar-refractivity contribution in [1.82, 2.24) is 15.1 Å². The van der Waals surface area contributed by atoms with Gasteiger partial charge in [0.25, 0.3) is 0 Å². The Labute approximate surface area is 245 Å². The second-order valence-corrected chi connectivity index (χ2v) is 13.1. The van der Waals surface area contributed by atoms with Crippen LogP contribution in [0.15, 0.2) is 48.5 Å². The molecule has 2 atom stereocenters. The number of benzene rings is 2. The van der Waals surface area contributed by atoms with E-state index < -0.39 is 5.60 Å². The lowest BCUT2D eigenvalue weighted by molar-refractivity contribution is -0.132. The zero-order valence-electron chi connectivity index (χ0n) is 24.8. The number of amides is 2. The first kappa shape index (κ1) is 30.4. The summed E-state index contributed by atoms with van der Waals surface area (Å²) in [7, 11) is 0. The van der Waals surface area contributed by atoms with Gasteiger partial charge in [-0.1, -0.05) is 61.8 Å². The van der Waals surface area contributed by atoms with Crippen molar-refractivity contribution in [2.45, 2.75) is 96.2 Å². The molecule has 2 aromatic rings. The lowest BCUT2D eigenvalue weighted by Crippen LogP contribution is -2.47. The molecule has 0 unspecified atom stereocenters. The highest BCUT2D eigenvalue weighted by Crippen LogP contribution is 2.37. The summed E-state index contributed by atoms with van der Waals surface area (Å²) in [6.07, 6.45) is 5.22. The summed E-state index contributed by atoms with van der Waals surface area (Å²) in [6, 6.07) is 16.5. The third kappa shape index (κ3) is 7.58. The van der Waals surface area contributed by atoms with Crippen molar-refractivity contribution in [3.8, 4) is 0 Å². The molecule has 0 bridgehead atoms. The number of nitrogens with one attached hydrogen (secondary N) is 1. The molecule has 0 saturated carbocycles. The summed E-state index contributed by atoms with van der Waals surface area (Å²) in [5.74, 6) is 0.119. The van der Waals surface area contributed by atoms with Crippen LogP contribution >= 0.6 is 11.6 Å². The first-order valence-electron chi connectivity index (χ1n) is 14.8. The number of hydrogen-bond donors (Lipinski definition) is 1. The SMILES string of the molecule is CCc1ccccc1C1(C)CCN(C(=O)CN[C@@H](C[C@@H]2CCCN2C(=O)OC(C)(C)C)c2cccc(Cl)c2)CC1. The van der Waals surface area contributed by atoms with E-state index in [-0.39, 0.29) is 36.0 Å². The van der Waals surface area contributed by atoms with E-state index in [2.05, 4.69) is 43.4 Å². The molecule has 6 nitrogen and oxygen atoms in total. The van der Waals surface area contributed by atoms with Crippen molar-refractivity contribution >= 4 is 23.6 Å². The third-order valence-corrected chi connectivity index (χ3v) is 8.77. The van der Waals surface area contributed by atoms with Gasteiger partial charge in [-0.25, -0.2) is 4.79 Å². The zero-order valence-corrected chi connectivity index (χ0v) is 25.6. The monoisotopic (exact) mass is 567 g/mol. The predicted molar refractivity (Wildman–Crippen MR) is 162 cm³/mol. The molecule has 0 aliphatic carbocycles. The number of carbonyl (C=O) groups excluding carboxylic acids is 2. The summed E-state index contributed by atoms with van der Waals surface area (Å²) in [6.45, 7) is 12.7. The predicted octanol–water partition coefficient (Wildman–Crippen LogP) is 6.90. The molecule has 1 N–H and O–H groups in total. The molecule has 2 fully saturated rings. The lowest BCUT2D eigenvalue weighted by atomic mass is 9.72. The van der Waals surface area contributed by atoms with E-state index in [1.807, 2.05) is 54.8 Å². The third-order valence-electron chi connectivity index (χ3n) is 8.53. The maximum Gasteiger partial charge on any atom is 0.410 e. The highest BCUT2D eigenvalue weighted by Gasteiger charge is 2.36. The normalized spacial score (nSPS) is 19.9. The van der Waals surface area contributed by atoms with E-state index in [1.54, 1.807) is 0 Å². The minimum absolute atomic E-state index is 0.0377. The number of carbonyl (C=O) groups is 2. The Morgan fingerprint density at radius 2 is 1.82 bits per heavy atom. The first-order chi connectivity index (χ1) is 19.0. The summed E-state index contributed by atoms with van der Waals surface area (Å²) in [4.78, 5) is 30.2. The summed E-state index contributed by atoms with van der Waals surface area (Å²) >= 11 is 6.35. The van der Waals surface area contributed by atoms with Crippen LogP contribution in [0.4, 0.5) is 4.79 Å². The Bertz CT molecular complexity index is 1170. The Balaban J connectivity index is 1.40. The van der Waals surface area contributed by atoms with Gasteiger partial charge in [-0.15, -0.1) is 0 Å². The molecule has 2 aromatic carbocycles. The molecule has 2 amide bonds. The van der Waals surface area contributed by atoms with Crippen LogP contribution in [0.5, 0.6) is 0 Å². The van der Waals surface area contributed by atoms with E-state index in [4.69, 9.17) is 16.3 Å². The highest BCUT2D eigenvalue weighted by atomic mass is 35.5. The topological polar surface area (TPSA) is 61.9 Å². The van der Waals surface area contributed by atoms with Crippen molar-refractivity contribution in [1.29, 1.82) is 0 Å². The molecule has 40 heavy (non-hydrogen) atoms. The van der Waals surface area contributed by atoms with E-state index in [0.717, 1.165) is 50.8 Å². The molecule has 0 spiro atoms. The van der Waals surface area contributed by atoms with E-state index >= 15 is 0 Å². The Morgan fingerprint density at radius 3 is 2.50 bits per heavy atom. The second-order valence-electron chi connectivity index (χ2n) is 12.6. The van der Waals surface area contributed by atoms with E-state index in [0.29, 0.717) is 18.0 Å². The molecular formula is C33H46ClN3O3. The standard InChI is InChI=1S/C33H46ClN3O3/c1-6-24-11-7-8-15-28(24)33(5)16-19-36(20-17-33)30(38)23-35-29(25-12-9-13-26(34)21-25)22-27-14-10-18-37(27)31(39)40-32(2,3)4/h7-9,11-13,15,21,27,29,35H,6,10,14,16-20,22-23H2,1-5H3/t27-,29-/m0/s1. The quantitative estimate of drug-likeness (QED) is 0.377. The van der Waals surface area contributed by atoms with Gasteiger partial charge in [0.2, 0.25) is 5.91 Å². The fourth-order valence-corrected chi connectivity index (χ4v) is 6.43. The molecule has 0 radical (unpaired) electrons. The Kier molecular flexibility index (Phi) is 9.84. The van der Waals surface area contributed by atoms with Crippen LogP contribution in [0.25, 0.3) is 0 Å². The molecule has 2 aliphatic rings. The van der Waals surface area contributed by atoms with Gasteiger partial charge in [0, 0.05) is 36.7 Å². The maximum absolute atomic E-state index is 13.4. The van der Waals surface area contributed by atoms with Crippen LogP contribution < -0.4 is 5.32 Å². The summed E-state index contributed by atoms with van der Waals surface area (Å²) < 4.78 is 5.68. The molecule has 2 aliphatic heterocycles. The van der Waals surface area contributed by atoms with Gasteiger partial charge in [-0.05, 0) is 93.5 Å². The van der Waals surface area contributed by atoms with Gasteiger partial charge in [0.05, 0.1) is 6.54 Å². The van der Waals surface area contributed by atoms with E-state index in [9.17, 15) is 9.59 Å². The van der Waals surface area contributed by atoms with Gasteiger partial charge in [-0.2, -0.15) is 0 Å². The first-order valence-corrected chi connectivity index (χ1v) is 15.2. The zero-order chi connectivity index (χ0) is 28.9. The largest absolute Gasteiger partial charge is 0.444 e. The number of ether oxygens (including phenoxy) is 1. The number of halogens is 1. The van der Waals surface area contributed by atoms with Crippen LogP contribution in [0.1, 0.15) is 89.5 Å². The highest BCUT2D eigenvalue weighted by molar-refractivity contribution is 6.30. The molecule has 218 valence electrons. The van der Waals surface area contributed by atoms with Crippen molar-refractivity contribution in [2.24, 2.45) is 0 Å². The molecule has 2 saturated heterocycles. The minimum Gasteiger partial charge on any atom is -0.444 e. The lowest BCUT2D eigenvalue weighted by Gasteiger charge is -2.41. The van der Waals surface area contributed by atoms with Gasteiger partial charge >= 0.3 is 6.09 Å². The van der Waals surface area contributed by atoms with Gasteiger partial charge in [-0.3, -0.25) is 4.79 Å². The average Bonchev–Trinajstić information content (AvgIpc) is 3.39. The minimum atomic E-state index is -0.537. The molecule has 7 heteroatoms. The number of likely N-dealkylation sites (tertiary alicyclic amines) is 2. The van der Waals surface area contributed by atoms with E-state index in [1.165, 1.54) is 11.1 Å². The smallest absolute Gasteiger partial charge is 0.410 e. The Morgan fingerprint density at radius 1 is 1.10 bits per heavy atom. The Hall–Kier alpha value is -2.57. The summed E-state index contributed by atoms with van der Waals surface area (Å²) in [5, 5.41) is 4.20. The van der Waals surface area contributed by atoms with Gasteiger partial charge in [0.15, 0.2) is 0 Å². The molecule has 0 aromatic heterocycles. The second kappa shape index (κ2) is 12.9. The number of piperidine rings is 1. The van der Waals surface area contributed by atoms with Crippen molar-refractivity contribution < 1.29 is 14.3 Å². The van der Waals surface area contributed by atoms with Crippen LogP contribution in [-0.4, -0.2) is 59.6 Å². The van der Waals surface area contributed by atoms with Crippen molar-refractivity contribution in [3.05, 3.63) is 70.2 Å². The van der Waals surface area contributed by atoms with Crippen molar-refractivity contribution in [3.63, 3.8) is 0 Å². The van der Waals surface area contributed by atoms with Gasteiger partial charge in [0.1, 0.15) is 5.60 Å². The molecule has 2 heterocycles. The number of rotatable bonds is 8. The van der Waals surface area contributed by atoms with Crippen LogP contribution in [0.2, 0.25) is 5.02 Å². The maximum atomic E-state index is 13.4. The fourth-order valence-electron chi connectivity index (χ4n) is 6.23. The van der Waals surface area contributed by atoms with Crippen LogP contribution in [0.3, 0.4) is 0 Å². The average molecular weight is 568 g/mol. The van der Waals surface area contributed by atoms with Crippen molar-refractivity contribution in [2.75, 3.05) is 26.2 Å². The fraction of sp³-hybridized carbons (Fsp3) is 0.576. The molecule has 4 rings (SSSR count).